The maximum absolute atomic E-state index is 5.55. The van der Waals surface area contributed by atoms with E-state index in [0.29, 0.717) is 6.61 Å². The van der Waals surface area contributed by atoms with E-state index in [1.807, 2.05) is 19.2 Å². The number of fused-ring (bicyclic) bond motifs is 1. The van der Waals surface area contributed by atoms with Crippen LogP contribution in [0.2, 0.25) is 0 Å². The minimum atomic E-state index is 0.648. The Hall–Kier alpha value is -2.36. The molecule has 0 fully saturated rings. The molecule has 0 aliphatic heterocycles. The first kappa shape index (κ1) is 13.6. The van der Waals surface area contributed by atoms with Crippen LogP contribution in [0.3, 0.4) is 0 Å². The molecule has 4 nitrogen and oxygen atoms in total. The van der Waals surface area contributed by atoms with Crippen molar-refractivity contribution >= 4 is 11.6 Å². The van der Waals surface area contributed by atoms with E-state index in [4.69, 9.17) is 4.74 Å². The summed E-state index contributed by atoms with van der Waals surface area (Å²) in [6.07, 6.45) is 12.0. The topological polar surface area (TPSA) is 50.8 Å². The van der Waals surface area contributed by atoms with Crippen molar-refractivity contribution in [3.05, 3.63) is 53.1 Å². The highest BCUT2D eigenvalue weighted by Crippen LogP contribution is 2.28. The molecule has 0 atom stereocenters. The average Bonchev–Trinajstić information content (AvgIpc) is 2.79. The van der Waals surface area contributed by atoms with Crippen molar-refractivity contribution in [1.82, 2.24) is 15.2 Å². The van der Waals surface area contributed by atoms with Crippen LogP contribution in [-0.2, 0) is 6.42 Å². The summed E-state index contributed by atoms with van der Waals surface area (Å²) >= 11 is 0. The highest BCUT2D eigenvalue weighted by molar-refractivity contribution is 5.83. The second-order valence-corrected chi connectivity index (χ2v) is 5.10. The molecule has 2 aromatic rings. The molecule has 0 aromatic carbocycles. The molecule has 1 aliphatic rings. The van der Waals surface area contributed by atoms with Crippen molar-refractivity contribution in [1.29, 1.82) is 0 Å². The Morgan fingerprint density at radius 2 is 2.10 bits per heavy atom. The van der Waals surface area contributed by atoms with Crippen LogP contribution in [-0.4, -0.2) is 21.8 Å². The summed E-state index contributed by atoms with van der Waals surface area (Å²) in [5, 5.41) is 7.44. The number of rotatable bonds is 3. The van der Waals surface area contributed by atoms with Crippen LogP contribution in [0, 0.1) is 6.92 Å². The lowest BCUT2D eigenvalue weighted by Crippen LogP contribution is -1.95. The number of aromatic nitrogens is 3. The number of allylic oxidation sites excluding steroid dienone is 3. The van der Waals surface area contributed by atoms with Crippen LogP contribution in [0.4, 0.5) is 0 Å². The van der Waals surface area contributed by atoms with Gasteiger partial charge >= 0.3 is 0 Å². The van der Waals surface area contributed by atoms with Crippen LogP contribution in [0.15, 0.2) is 30.6 Å². The Morgan fingerprint density at radius 3 is 2.95 bits per heavy atom. The summed E-state index contributed by atoms with van der Waals surface area (Å²) in [5.41, 5.74) is 5.71. The van der Waals surface area contributed by atoms with E-state index >= 15 is 0 Å². The third-order valence-corrected chi connectivity index (χ3v) is 3.60. The predicted molar refractivity (Wildman–Crippen MR) is 84.1 cm³/mol. The van der Waals surface area contributed by atoms with Gasteiger partial charge in [0.05, 0.1) is 18.5 Å². The second kappa shape index (κ2) is 5.95. The smallest absolute Gasteiger partial charge is 0.138 e. The van der Waals surface area contributed by atoms with E-state index < -0.39 is 0 Å². The third-order valence-electron chi connectivity index (χ3n) is 3.60. The van der Waals surface area contributed by atoms with Gasteiger partial charge in [-0.1, -0.05) is 12.2 Å². The van der Waals surface area contributed by atoms with Gasteiger partial charge in [-0.3, -0.25) is 10.1 Å². The van der Waals surface area contributed by atoms with E-state index in [1.54, 1.807) is 6.20 Å². The number of nitrogens with one attached hydrogen (secondary N) is 1. The van der Waals surface area contributed by atoms with E-state index in [1.165, 1.54) is 11.1 Å². The van der Waals surface area contributed by atoms with Gasteiger partial charge in [-0.25, -0.2) is 0 Å². The Kier molecular flexibility index (Phi) is 3.86. The van der Waals surface area contributed by atoms with Gasteiger partial charge in [0, 0.05) is 23.9 Å². The van der Waals surface area contributed by atoms with Gasteiger partial charge in [-0.15, -0.1) is 0 Å². The van der Waals surface area contributed by atoms with Crippen molar-refractivity contribution < 1.29 is 4.74 Å². The van der Waals surface area contributed by atoms with E-state index in [0.717, 1.165) is 35.5 Å². The van der Waals surface area contributed by atoms with E-state index in [2.05, 4.69) is 40.3 Å². The summed E-state index contributed by atoms with van der Waals surface area (Å²) in [4.78, 5) is 4.29. The Balaban J connectivity index is 2.03. The van der Waals surface area contributed by atoms with Gasteiger partial charge in [0.25, 0.3) is 0 Å². The maximum Gasteiger partial charge on any atom is 0.138 e. The Labute approximate surface area is 124 Å². The molecule has 1 N–H and O–H groups in total. The zero-order valence-electron chi connectivity index (χ0n) is 12.4. The quantitative estimate of drug-likeness (QED) is 0.875. The molecule has 0 amide bonds. The lowest BCUT2D eigenvalue weighted by molar-refractivity contribution is 0.339. The fourth-order valence-electron chi connectivity index (χ4n) is 2.52. The SMILES string of the molecule is CCOc1cncc(/C2=C/c3c(n[nH]c3C)CC=CC2)c1. The van der Waals surface area contributed by atoms with Crippen molar-refractivity contribution in [3.8, 4) is 5.75 Å². The standard InChI is InChI=1S/C17H19N3O/c1-3-21-15-8-14(10-18-11-15)13-6-4-5-7-17-16(9-13)12(2)19-20-17/h4-5,8-11H,3,6-7H2,1-2H3,(H,19,20)/b5-4?,13-9+. The van der Waals surface area contributed by atoms with Crippen molar-refractivity contribution in [2.24, 2.45) is 0 Å². The van der Waals surface area contributed by atoms with Gasteiger partial charge in [0.2, 0.25) is 0 Å². The molecule has 0 spiro atoms. The summed E-state index contributed by atoms with van der Waals surface area (Å²) in [6.45, 7) is 4.68. The molecule has 0 unspecified atom stereocenters. The molecule has 4 heteroatoms. The largest absolute Gasteiger partial charge is 0.492 e. The van der Waals surface area contributed by atoms with Crippen molar-refractivity contribution in [3.63, 3.8) is 0 Å². The normalized spacial score (nSPS) is 16.6. The molecular formula is C17H19N3O. The lowest BCUT2D eigenvalue weighted by atomic mass is 9.97. The molecule has 0 saturated heterocycles. The molecule has 0 radical (unpaired) electrons. The van der Waals surface area contributed by atoms with Gasteiger partial charge in [0.1, 0.15) is 5.75 Å². The number of nitrogens with zero attached hydrogens (tertiary/aromatic N) is 2. The molecule has 2 aromatic heterocycles. The monoisotopic (exact) mass is 281 g/mol. The van der Waals surface area contributed by atoms with Crippen LogP contribution in [0.5, 0.6) is 5.75 Å². The number of aryl methyl sites for hydroxylation is 1. The first-order valence-electron chi connectivity index (χ1n) is 7.25. The summed E-state index contributed by atoms with van der Waals surface area (Å²) in [7, 11) is 0. The number of hydrogen-bond donors (Lipinski definition) is 1. The van der Waals surface area contributed by atoms with E-state index in [-0.39, 0.29) is 0 Å². The summed E-state index contributed by atoms with van der Waals surface area (Å²) < 4.78 is 5.55. The van der Waals surface area contributed by atoms with Gasteiger partial charge < -0.3 is 4.74 Å². The van der Waals surface area contributed by atoms with Gasteiger partial charge in [-0.05, 0) is 43.5 Å². The third kappa shape index (κ3) is 2.89. The zero-order chi connectivity index (χ0) is 14.7. The summed E-state index contributed by atoms with van der Waals surface area (Å²) in [5.74, 6) is 0.811. The second-order valence-electron chi connectivity index (χ2n) is 5.10. The van der Waals surface area contributed by atoms with Gasteiger partial charge in [-0.2, -0.15) is 5.10 Å². The van der Waals surface area contributed by atoms with Crippen molar-refractivity contribution in [2.75, 3.05) is 6.61 Å². The molecule has 1 aliphatic carbocycles. The first-order valence-corrected chi connectivity index (χ1v) is 7.25. The predicted octanol–water partition coefficient (Wildman–Crippen LogP) is 3.55. The fraction of sp³-hybridized carbons (Fsp3) is 0.294. The maximum atomic E-state index is 5.55. The number of pyridine rings is 1. The molecule has 21 heavy (non-hydrogen) atoms. The molecule has 0 bridgehead atoms. The summed E-state index contributed by atoms with van der Waals surface area (Å²) in [6, 6.07) is 2.05. The van der Waals surface area contributed by atoms with Crippen LogP contribution in [0.1, 0.15) is 35.9 Å². The van der Waals surface area contributed by atoms with Crippen LogP contribution in [0.25, 0.3) is 11.6 Å². The number of ether oxygens (including phenoxy) is 1. The highest BCUT2D eigenvalue weighted by Gasteiger charge is 2.11. The number of H-pyrrole nitrogens is 1. The lowest BCUT2D eigenvalue weighted by Gasteiger charge is -2.10. The molecule has 2 heterocycles. The molecule has 0 saturated carbocycles. The highest BCUT2D eigenvalue weighted by atomic mass is 16.5. The number of aromatic amines is 1. The zero-order valence-corrected chi connectivity index (χ0v) is 12.4. The average molecular weight is 281 g/mol. The Bertz CT molecular complexity index is 698. The molecule has 3 rings (SSSR count). The van der Waals surface area contributed by atoms with Crippen molar-refractivity contribution in [2.45, 2.75) is 26.7 Å². The first-order chi connectivity index (χ1) is 10.3. The minimum absolute atomic E-state index is 0.648. The minimum Gasteiger partial charge on any atom is -0.492 e. The number of hydrogen-bond acceptors (Lipinski definition) is 3. The fourth-order valence-corrected chi connectivity index (χ4v) is 2.52. The molecule has 108 valence electrons. The Morgan fingerprint density at radius 1 is 1.24 bits per heavy atom. The van der Waals surface area contributed by atoms with Gasteiger partial charge in [0.15, 0.2) is 0 Å². The van der Waals surface area contributed by atoms with Crippen LogP contribution >= 0.6 is 0 Å². The molecular weight excluding hydrogens is 262 g/mol. The van der Waals surface area contributed by atoms with Crippen LogP contribution < -0.4 is 4.74 Å². The van der Waals surface area contributed by atoms with E-state index in [9.17, 15) is 0 Å².